The molecule has 1 aromatic carbocycles. The Balaban J connectivity index is 1.27. The minimum Gasteiger partial charge on any atom is -0.497 e. The highest BCUT2D eigenvalue weighted by Crippen LogP contribution is 2.69. The Kier molecular flexibility index (Phi) is 6.02. The van der Waals surface area contributed by atoms with Crippen LogP contribution in [0, 0.1) is 46.3 Å². The number of rotatable bonds is 5. The lowest BCUT2D eigenvalue weighted by molar-refractivity contribution is -0.151. The average Bonchev–Trinajstić information content (AvgIpc) is 3.41. The van der Waals surface area contributed by atoms with Gasteiger partial charge in [0.25, 0.3) is 0 Å². The first-order valence-corrected chi connectivity index (χ1v) is 14.7. The number of fused-ring (bicyclic) bond motifs is 6. The van der Waals surface area contributed by atoms with E-state index in [9.17, 15) is 9.90 Å². The number of hydrogen-bond donors (Lipinski definition) is 1. The average molecular weight is 508 g/mol. The first-order valence-electron chi connectivity index (χ1n) is 14.7. The van der Waals surface area contributed by atoms with Gasteiger partial charge in [-0.1, -0.05) is 32.4 Å². The van der Waals surface area contributed by atoms with Gasteiger partial charge in [0.2, 0.25) is 0 Å². The summed E-state index contributed by atoms with van der Waals surface area (Å²) in [5, 5.41) is 19.5. The zero-order valence-corrected chi connectivity index (χ0v) is 23.4. The fraction of sp³-hybridized carbons (Fsp3) is 0.774. The van der Waals surface area contributed by atoms with Gasteiger partial charge in [0.15, 0.2) is 5.78 Å². The third-order valence-electron chi connectivity index (χ3n) is 12.0. The molecule has 0 spiro atoms. The molecule has 0 aliphatic heterocycles. The van der Waals surface area contributed by atoms with E-state index in [1.807, 2.05) is 25.1 Å². The van der Waals surface area contributed by atoms with E-state index < -0.39 is 5.60 Å². The molecule has 6 heteroatoms. The second kappa shape index (κ2) is 8.79. The summed E-state index contributed by atoms with van der Waals surface area (Å²) in [5.74, 6) is 4.34. The summed E-state index contributed by atoms with van der Waals surface area (Å²) in [6.45, 7) is 9.61. The van der Waals surface area contributed by atoms with Crippen LogP contribution in [-0.2, 0) is 11.3 Å². The molecule has 6 rings (SSSR count). The molecule has 6 nitrogen and oxygen atoms in total. The van der Waals surface area contributed by atoms with Crippen molar-refractivity contribution >= 4 is 16.8 Å². The summed E-state index contributed by atoms with van der Waals surface area (Å²) in [5.41, 5.74) is 1.58. The lowest BCUT2D eigenvalue weighted by atomic mass is 9.44. The van der Waals surface area contributed by atoms with Crippen LogP contribution in [0.5, 0.6) is 5.75 Å². The van der Waals surface area contributed by atoms with Crippen LogP contribution >= 0.6 is 0 Å². The molecule has 0 bridgehead atoms. The van der Waals surface area contributed by atoms with Crippen molar-refractivity contribution in [2.75, 3.05) is 7.11 Å². The summed E-state index contributed by atoms with van der Waals surface area (Å²) >= 11 is 0. The Morgan fingerprint density at radius 2 is 1.92 bits per heavy atom. The number of methoxy groups -OCH3 is 1. The minimum absolute atomic E-state index is 0.0658. The van der Waals surface area contributed by atoms with Crippen molar-refractivity contribution in [3.63, 3.8) is 0 Å². The Labute approximate surface area is 221 Å². The van der Waals surface area contributed by atoms with Crippen LogP contribution in [-0.4, -0.2) is 38.6 Å². The molecule has 4 aliphatic carbocycles. The Morgan fingerprint density at radius 1 is 1.11 bits per heavy atom. The molecule has 2 aromatic rings. The van der Waals surface area contributed by atoms with E-state index in [1.165, 1.54) is 25.7 Å². The molecule has 9 atom stereocenters. The molecule has 1 unspecified atom stereocenters. The maximum atomic E-state index is 14.1. The molecule has 1 aromatic heterocycles. The van der Waals surface area contributed by atoms with E-state index in [4.69, 9.17) is 4.74 Å². The van der Waals surface area contributed by atoms with E-state index in [1.54, 1.807) is 11.8 Å². The normalized spacial score (nSPS) is 43.2. The number of Topliss-reactive ketones (excluding diaryl/α,β-unsaturated/α-hetero) is 1. The van der Waals surface area contributed by atoms with E-state index in [-0.39, 0.29) is 17.9 Å². The van der Waals surface area contributed by atoms with Crippen molar-refractivity contribution in [2.24, 2.45) is 46.3 Å². The van der Waals surface area contributed by atoms with Crippen molar-refractivity contribution in [2.45, 2.75) is 97.6 Å². The minimum atomic E-state index is -0.492. The van der Waals surface area contributed by atoms with Gasteiger partial charge in [-0.2, -0.15) is 0 Å². The van der Waals surface area contributed by atoms with Gasteiger partial charge in [0.1, 0.15) is 17.8 Å². The van der Waals surface area contributed by atoms with Crippen molar-refractivity contribution in [3.05, 3.63) is 18.2 Å². The third-order valence-corrected chi connectivity index (χ3v) is 12.0. The zero-order chi connectivity index (χ0) is 26.2. The summed E-state index contributed by atoms with van der Waals surface area (Å²) < 4.78 is 7.20. The highest BCUT2D eigenvalue weighted by atomic mass is 16.5. The van der Waals surface area contributed by atoms with Gasteiger partial charge in [0.05, 0.1) is 18.2 Å². The number of aliphatic hydroxyl groups is 1. The van der Waals surface area contributed by atoms with Crippen LogP contribution in [0.15, 0.2) is 18.2 Å². The molecule has 1 heterocycles. The summed E-state index contributed by atoms with van der Waals surface area (Å²) in [6, 6.07) is 5.73. The van der Waals surface area contributed by atoms with E-state index in [0.29, 0.717) is 34.9 Å². The maximum Gasteiger partial charge on any atom is 0.158 e. The third kappa shape index (κ3) is 3.87. The number of hydrogen-bond acceptors (Lipinski definition) is 5. The molecule has 4 aliphatic rings. The second-order valence-electron chi connectivity index (χ2n) is 13.9. The fourth-order valence-corrected chi connectivity index (χ4v) is 10.1. The van der Waals surface area contributed by atoms with Crippen molar-refractivity contribution < 1.29 is 14.6 Å². The Morgan fingerprint density at radius 3 is 2.68 bits per heavy atom. The van der Waals surface area contributed by atoms with Crippen LogP contribution in [0.4, 0.5) is 0 Å². The number of carbonyl (C=O) groups is 1. The van der Waals surface area contributed by atoms with Crippen molar-refractivity contribution in [3.8, 4) is 5.75 Å². The molecule has 4 saturated carbocycles. The van der Waals surface area contributed by atoms with E-state index in [0.717, 1.165) is 54.8 Å². The van der Waals surface area contributed by atoms with Gasteiger partial charge >= 0.3 is 0 Å². The van der Waals surface area contributed by atoms with Gasteiger partial charge in [-0.05, 0) is 111 Å². The number of ether oxygens (including phenoxy) is 1. The molecular formula is C31H45N3O3. The number of benzene rings is 1. The van der Waals surface area contributed by atoms with Crippen LogP contribution in [0.25, 0.3) is 11.0 Å². The summed E-state index contributed by atoms with van der Waals surface area (Å²) in [7, 11) is 1.66. The van der Waals surface area contributed by atoms with Crippen molar-refractivity contribution in [1.29, 1.82) is 0 Å². The van der Waals surface area contributed by atoms with E-state index >= 15 is 0 Å². The molecule has 0 radical (unpaired) electrons. The largest absolute Gasteiger partial charge is 0.497 e. The predicted octanol–water partition coefficient (Wildman–Crippen LogP) is 6.06. The molecule has 0 amide bonds. The van der Waals surface area contributed by atoms with Crippen LogP contribution in [0.2, 0.25) is 0 Å². The van der Waals surface area contributed by atoms with E-state index in [2.05, 4.69) is 31.1 Å². The number of ketones is 1. The van der Waals surface area contributed by atoms with Gasteiger partial charge in [-0.3, -0.25) is 4.79 Å². The number of nitrogens with zero attached hydrogens (tertiary/aromatic N) is 3. The smallest absolute Gasteiger partial charge is 0.158 e. The quantitative estimate of drug-likeness (QED) is 0.533. The van der Waals surface area contributed by atoms with Crippen LogP contribution in [0.1, 0.15) is 85.5 Å². The molecule has 37 heavy (non-hydrogen) atoms. The first kappa shape index (κ1) is 25.3. The van der Waals surface area contributed by atoms with Gasteiger partial charge in [-0.15, -0.1) is 5.10 Å². The molecule has 202 valence electrons. The van der Waals surface area contributed by atoms with Gasteiger partial charge in [0, 0.05) is 12.0 Å². The van der Waals surface area contributed by atoms with Gasteiger partial charge < -0.3 is 9.84 Å². The highest BCUT2D eigenvalue weighted by Gasteiger charge is 2.63. The van der Waals surface area contributed by atoms with Crippen LogP contribution < -0.4 is 4.74 Å². The fourth-order valence-electron chi connectivity index (χ4n) is 10.1. The highest BCUT2D eigenvalue weighted by molar-refractivity contribution is 5.84. The lowest BCUT2D eigenvalue weighted by Gasteiger charge is -2.61. The maximum absolute atomic E-state index is 14.1. The second-order valence-corrected chi connectivity index (χ2v) is 13.9. The summed E-state index contributed by atoms with van der Waals surface area (Å²) in [6.07, 6.45) is 10.2. The standard InChI is InChI=1S/C31H45N3O3/c1-6-19-15-24-22-9-7-20-17-29(2,36)13-14-30(20,3)23(22)11-12-31(24,4)28(19)27(35)18-34-26-16-21(37-5)8-10-25(26)32-33-34/h8,10,16,19-20,22-24,28,36H,6-7,9,11-15,17-18H2,1-5H3/t19-,20+,22-,23+,24+,28?,29-,30+,31+/m1/s1. The Hall–Kier alpha value is -1.95. The zero-order valence-electron chi connectivity index (χ0n) is 23.4. The summed E-state index contributed by atoms with van der Waals surface area (Å²) in [4.78, 5) is 14.1. The molecule has 1 N–H and O–H groups in total. The number of carbonyl (C=O) groups excluding carboxylic acids is 1. The van der Waals surface area contributed by atoms with Crippen molar-refractivity contribution in [1.82, 2.24) is 15.0 Å². The molecule has 4 fully saturated rings. The molecular weight excluding hydrogens is 462 g/mol. The predicted molar refractivity (Wildman–Crippen MR) is 144 cm³/mol. The van der Waals surface area contributed by atoms with Crippen LogP contribution in [0.3, 0.4) is 0 Å². The molecule has 0 saturated heterocycles. The van der Waals surface area contributed by atoms with Gasteiger partial charge in [-0.25, -0.2) is 4.68 Å². The topological polar surface area (TPSA) is 77.2 Å². The number of aromatic nitrogens is 3. The monoisotopic (exact) mass is 507 g/mol. The lowest BCUT2D eigenvalue weighted by Crippen LogP contribution is -2.55. The first-order chi connectivity index (χ1) is 17.6. The SMILES string of the molecule is CC[C@@H]1C[C@H]2[C@@H]3CC[C@H]4C[C@](C)(O)CC[C@]4(C)[C@H]3CC[C@]2(C)C1C(=O)Cn1nnc2ccc(OC)cc21. The Bertz CT molecular complexity index is 1190.